The van der Waals surface area contributed by atoms with Crippen LogP contribution in [0.25, 0.3) is 0 Å². The van der Waals surface area contributed by atoms with E-state index in [2.05, 4.69) is 27.7 Å². The molecule has 0 bridgehead atoms. The topological polar surface area (TPSA) is 32.7 Å². The Hall–Kier alpha value is 0.610. The van der Waals surface area contributed by atoms with Gasteiger partial charge >= 0.3 is 0 Å². The largest absolute Gasteiger partial charge is 0.393 e. The van der Waals surface area contributed by atoms with Gasteiger partial charge in [-0.3, -0.25) is 0 Å². The summed E-state index contributed by atoms with van der Waals surface area (Å²) in [6.07, 6.45) is 1.31. The minimum Gasteiger partial charge on any atom is -0.393 e. The summed E-state index contributed by atoms with van der Waals surface area (Å²) in [6, 6.07) is 0. The number of halogens is 1. The molecular weight excluding hydrogens is 281 g/mol. The maximum absolute atomic E-state index is 9.71. The molecule has 78 valence electrons. The van der Waals surface area contributed by atoms with Gasteiger partial charge in [-0.25, -0.2) is 3.17 Å². The third-order valence-electron chi connectivity index (χ3n) is 2.64. The molecule has 0 aromatic heterocycles. The highest BCUT2D eigenvalue weighted by atomic mass is 127. The number of nitrogens with zero attached hydrogens (tertiary/aromatic N) is 1. The fourth-order valence-electron chi connectivity index (χ4n) is 2.40. The number of aliphatic hydroxyl groups excluding tert-OH is 1. The summed E-state index contributed by atoms with van der Waals surface area (Å²) < 4.78 is 5.36. The predicted molar refractivity (Wildman–Crippen MR) is 60.3 cm³/mol. The molecule has 1 heterocycles. The van der Waals surface area contributed by atoms with Gasteiger partial charge in [0.15, 0.2) is 0 Å². The van der Waals surface area contributed by atoms with Crippen LogP contribution in [0, 0.1) is 0 Å². The van der Waals surface area contributed by atoms with Crippen LogP contribution in [0.4, 0.5) is 0 Å². The van der Waals surface area contributed by atoms with E-state index >= 15 is 0 Å². The minimum atomic E-state index is -0.215. The summed E-state index contributed by atoms with van der Waals surface area (Å²) in [6.45, 7) is 8.37. The van der Waals surface area contributed by atoms with Crippen LogP contribution in [0.5, 0.6) is 0 Å². The molecule has 1 rings (SSSR count). The van der Waals surface area contributed by atoms with Crippen molar-refractivity contribution in [1.29, 1.82) is 0 Å². The summed E-state index contributed by atoms with van der Waals surface area (Å²) in [5, 5.41) is 11.7. The smallest absolute Gasteiger partial charge is 0.137 e. The van der Waals surface area contributed by atoms with Crippen molar-refractivity contribution in [3.05, 3.63) is 0 Å². The highest BCUT2D eigenvalue weighted by Crippen LogP contribution is 2.39. The van der Waals surface area contributed by atoms with Gasteiger partial charge in [-0.05, 0) is 40.5 Å². The van der Waals surface area contributed by atoms with Crippen LogP contribution < -0.4 is 0 Å². The summed E-state index contributed by atoms with van der Waals surface area (Å²) >= 11 is 1.91. The first-order chi connectivity index (χ1) is 5.79. The van der Waals surface area contributed by atoms with Crippen LogP contribution in [0.1, 0.15) is 40.5 Å². The molecule has 1 aliphatic rings. The summed E-state index contributed by atoms with van der Waals surface area (Å²) in [5.74, 6) is 0. The number of hydrogen-bond donors (Lipinski definition) is 1. The lowest BCUT2D eigenvalue weighted by atomic mass is 9.80. The zero-order chi connectivity index (χ0) is 10.3. The molecule has 1 fully saturated rings. The fraction of sp³-hybridized carbons (Fsp3) is 1.00. The van der Waals surface area contributed by atoms with Gasteiger partial charge < -0.3 is 5.11 Å². The molecule has 1 saturated heterocycles. The van der Waals surface area contributed by atoms with Gasteiger partial charge in [-0.15, -0.1) is 0 Å². The molecule has 0 aromatic carbocycles. The van der Waals surface area contributed by atoms with E-state index in [0.717, 1.165) is 12.8 Å². The molecular formula is C9H18INO2. The Balaban J connectivity index is 2.88. The second-order valence-electron chi connectivity index (χ2n) is 5.05. The Morgan fingerprint density at radius 3 is 1.92 bits per heavy atom. The predicted octanol–water partition coefficient (Wildman–Crippen LogP) is 2.28. The van der Waals surface area contributed by atoms with Crippen LogP contribution in [0.3, 0.4) is 0 Å². The number of hydrogen-bond acceptors (Lipinski definition) is 3. The van der Waals surface area contributed by atoms with Crippen LogP contribution >= 0.6 is 23.0 Å². The van der Waals surface area contributed by atoms with Gasteiger partial charge in [0.25, 0.3) is 0 Å². The third kappa shape index (κ3) is 2.34. The van der Waals surface area contributed by atoms with E-state index in [1.807, 2.05) is 28.1 Å². The highest BCUT2D eigenvalue weighted by molar-refractivity contribution is 14.1. The lowest BCUT2D eigenvalue weighted by Crippen LogP contribution is -2.60. The van der Waals surface area contributed by atoms with Crippen LogP contribution in [-0.4, -0.2) is 27.4 Å². The first-order valence-electron chi connectivity index (χ1n) is 4.57. The van der Waals surface area contributed by atoms with Gasteiger partial charge in [0.05, 0.1) is 6.10 Å². The Morgan fingerprint density at radius 2 is 1.62 bits per heavy atom. The van der Waals surface area contributed by atoms with Gasteiger partial charge in [0.2, 0.25) is 0 Å². The molecule has 1 aliphatic heterocycles. The average Bonchev–Trinajstić information content (AvgIpc) is 1.79. The first kappa shape index (κ1) is 11.7. The van der Waals surface area contributed by atoms with Crippen LogP contribution in [0.2, 0.25) is 0 Å². The van der Waals surface area contributed by atoms with Gasteiger partial charge in [0.1, 0.15) is 23.0 Å². The Kier molecular flexibility index (Phi) is 3.27. The van der Waals surface area contributed by atoms with Crippen molar-refractivity contribution >= 4 is 23.0 Å². The second kappa shape index (κ2) is 3.64. The monoisotopic (exact) mass is 299 g/mol. The van der Waals surface area contributed by atoms with Crippen molar-refractivity contribution in [2.45, 2.75) is 57.7 Å². The van der Waals surface area contributed by atoms with E-state index in [-0.39, 0.29) is 17.2 Å². The molecule has 1 N–H and O–H groups in total. The summed E-state index contributed by atoms with van der Waals surface area (Å²) in [4.78, 5) is 0. The van der Waals surface area contributed by atoms with Gasteiger partial charge in [-0.1, -0.05) is 0 Å². The normalized spacial score (nSPS) is 29.1. The first-order valence-corrected chi connectivity index (χ1v) is 5.45. The molecule has 4 heteroatoms. The Morgan fingerprint density at radius 1 is 1.23 bits per heavy atom. The lowest BCUT2D eigenvalue weighted by molar-refractivity contribution is -0.210. The number of aliphatic hydroxyl groups is 1. The Labute approximate surface area is 94.1 Å². The zero-order valence-corrected chi connectivity index (χ0v) is 10.8. The van der Waals surface area contributed by atoms with E-state index in [1.54, 1.807) is 0 Å². The molecule has 13 heavy (non-hydrogen) atoms. The van der Waals surface area contributed by atoms with Crippen molar-refractivity contribution in [2.75, 3.05) is 0 Å². The van der Waals surface area contributed by atoms with Crippen molar-refractivity contribution < 1.29 is 8.27 Å². The molecule has 0 amide bonds. The van der Waals surface area contributed by atoms with E-state index < -0.39 is 0 Å². The molecule has 3 nitrogen and oxygen atoms in total. The van der Waals surface area contributed by atoms with Crippen molar-refractivity contribution in [2.24, 2.45) is 0 Å². The van der Waals surface area contributed by atoms with Gasteiger partial charge in [-0.2, -0.15) is 5.06 Å². The molecule has 0 unspecified atom stereocenters. The fourth-order valence-corrected chi connectivity index (χ4v) is 3.46. The zero-order valence-electron chi connectivity index (χ0n) is 8.67. The van der Waals surface area contributed by atoms with Gasteiger partial charge in [0, 0.05) is 11.1 Å². The number of piperidine rings is 1. The van der Waals surface area contributed by atoms with Crippen molar-refractivity contribution in [1.82, 2.24) is 5.06 Å². The average molecular weight is 299 g/mol. The minimum absolute atomic E-state index is 0.0949. The highest BCUT2D eigenvalue weighted by Gasteiger charge is 2.46. The number of hydroxylamine groups is 2. The maximum atomic E-state index is 9.71. The van der Waals surface area contributed by atoms with Crippen molar-refractivity contribution in [3.8, 4) is 0 Å². The van der Waals surface area contributed by atoms with E-state index in [4.69, 9.17) is 3.17 Å². The van der Waals surface area contributed by atoms with E-state index in [9.17, 15) is 5.11 Å². The standard InChI is InChI=1S/C9H18INO2/c1-8(2)5-7(12)6-9(3,4)11(8)13-10/h7,12H,5-6H2,1-4H3. The lowest BCUT2D eigenvalue weighted by Gasteiger charge is -2.51. The Bertz CT molecular complexity index is 176. The van der Waals surface area contributed by atoms with E-state index in [1.165, 1.54) is 0 Å². The molecule has 0 radical (unpaired) electrons. The molecule has 0 atom stereocenters. The summed E-state index contributed by atoms with van der Waals surface area (Å²) in [5.41, 5.74) is -0.190. The maximum Gasteiger partial charge on any atom is 0.137 e. The SMILES string of the molecule is CC1(C)CC(O)CC(C)(C)N1OI. The molecule has 0 spiro atoms. The summed E-state index contributed by atoms with van der Waals surface area (Å²) in [7, 11) is 0. The second-order valence-corrected chi connectivity index (χ2v) is 5.44. The van der Waals surface area contributed by atoms with E-state index in [0.29, 0.717) is 0 Å². The quantitative estimate of drug-likeness (QED) is 0.754. The molecule has 0 aliphatic carbocycles. The molecule has 0 saturated carbocycles. The molecule has 0 aromatic rings. The third-order valence-corrected chi connectivity index (χ3v) is 3.03. The van der Waals surface area contributed by atoms with Crippen LogP contribution in [0.15, 0.2) is 0 Å². The number of rotatable bonds is 1. The van der Waals surface area contributed by atoms with Crippen molar-refractivity contribution in [3.63, 3.8) is 0 Å². The van der Waals surface area contributed by atoms with Crippen LogP contribution in [-0.2, 0) is 3.17 Å².